The van der Waals surface area contributed by atoms with E-state index >= 15 is 0 Å². The zero-order valence-electron chi connectivity index (χ0n) is 12.3. The van der Waals surface area contributed by atoms with Crippen LogP contribution in [0.3, 0.4) is 0 Å². The smallest absolute Gasteiger partial charge is 0.132 e. The van der Waals surface area contributed by atoms with Crippen molar-refractivity contribution in [3.63, 3.8) is 0 Å². The summed E-state index contributed by atoms with van der Waals surface area (Å²) in [5, 5.41) is 0. The molecular formula is C16H32O. The molecule has 0 atom stereocenters. The molecule has 0 aromatic heterocycles. The minimum absolute atomic E-state index is 0.477. The van der Waals surface area contributed by atoms with Gasteiger partial charge in [0.1, 0.15) is 5.78 Å². The van der Waals surface area contributed by atoms with E-state index in [-0.39, 0.29) is 0 Å². The standard InChI is InChI=1S/C16H32O/c1-4-5-6-7-8-9-10-11-12-16(17)14-13-15(2)3/h15H,4-14H2,1-3H3. The van der Waals surface area contributed by atoms with Crippen molar-refractivity contribution in [1.29, 1.82) is 0 Å². The summed E-state index contributed by atoms with van der Waals surface area (Å²) < 4.78 is 0. The number of Topliss-reactive ketones (excluding diaryl/α,β-unsaturated/α-hetero) is 1. The third-order valence-corrected chi connectivity index (χ3v) is 3.31. The first kappa shape index (κ1) is 16.7. The first-order valence-corrected chi connectivity index (χ1v) is 7.68. The lowest BCUT2D eigenvalue weighted by Gasteiger charge is -2.04. The van der Waals surface area contributed by atoms with Gasteiger partial charge in [0.05, 0.1) is 0 Å². The van der Waals surface area contributed by atoms with Gasteiger partial charge in [-0.1, -0.05) is 65.7 Å². The SMILES string of the molecule is CCCCCCCCCCC(=O)CCC(C)C. The summed E-state index contributed by atoms with van der Waals surface area (Å²) in [4.78, 5) is 11.5. The summed E-state index contributed by atoms with van der Waals surface area (Å²) in [7, 11) is 0. The molecule has 0 aliphatic heterocycles. The van der Waals surface area contributed by atoms with E-state index in [2.05, 4.69) is 20.8 Å². The van der Waals surface area contributed by atoms with Gasteiger partial charge in [0.25, 0.3) is 0 Å². The fourth-order valence-corrected chi connectivity index (χ4v) is 2.03. The highest BCUT2D eigenvalue weighted by molar-refractivity contribution is 5.78. The van der Waals surface area contributed by atoms with Crippen LogP contribution in [0.5, 0.6) is 0 Å². The number of hydrogen-bond donors (Lipinski definition) is 0. The molecule has 0 rings (SSSR count). The maximum Gasteiger partial charge on any atom is 0.132 e. The molecule has 0 fully saturated rings. The van der Waals surface area contributed by atoms with E-state index in [4.69, 9.17) is 0 Å². The molecule has 0 aromatic carbocycles. The number of ketones is 1. The van der Waals surface area contributed by atoms with Crippen LogP contribution < -0.4 is 0 Å². The highest BCUT2D eigenvalue weighted by atomic mass is 16.1. The monoisotopic (exact) mass is 240 g/mol. The quantitative estimate of drug-likeness (QED) is 0.410. The van der Waals surface area contributed by atoms with Crippen LogP contribution in [0.1, 0.15) is 91.4 Å². The summed E-state index contributed by atoms with van der Waals surface area (Å²) in [5.74, 6) is 1.14. The van der Waals surface area contributed by atoms with Crippen molar-refractivity contribution >= 4 is 5.78 Å². The van der Waals surface area contributed by atoms with Crippen LogP contribution >= 0.6 is 0 Å². The zero-order chi connectivity index (χ0) is 12.9. The van der Waals surface area contributed by atoms with Crippen molar-refractivity contribution < 1.29 is 4.79 Å². The van der Waals surface area contributed by atoms with E-state index in [0.29, 0.717) is 11.7 Å². The van der Waals surface area contributed by atoms with Crippen LogP contribution in [0, 0.1) is 5.92 Å². The van der Waals surface area contributed by atoms with Gasteiger partial charge in [-0.05, 0) is 18.8 Å². The molecule has 0 heterocycles. The molecule has 0 saturated heterocycles. The van der Waals surface area contributed by atoms with E-state index in [9.17, 15) is 4.79 Å². The predicted molar refractivity (Wildman–Crippen MR) is 76.3 cm³/mol. The summed E-state index contributed by atoms with van der Waals surface area (Å²) >= 11 is 0. The van der Waals surface area contributed by atoms with Crippen LogP contribution in [0.4, 0.5) is 0 Å². The predicted octanol–water partition coefficient (Wildman–Crippen LogP) is 5.52. The molecule has 1 nitrogen and oxygen atoms in total. The highest BCUT2D eigenvalue weighted by Crippen LogP contribution is 2.11. The van der Waals surface area contributed by atoms with Crippen molar-refractivity contribution in [3.05, 3.63) is 0 Å². The maximum absolute atomic E-state index is 11.5. The topological polar surface area (TPSA) is 17.1 Å². The van der Waals surface area contributed by atoms with Crippen molar-refractivity contribution in [2.75, 3.05) is 0 Å². The van der Waals surface area contributed by atoms with Crippen LogP contribution in [0.15, 0.2) is 0 Å². The molecule has 17 heavy (non-hydrogen) atoms. The number of rotatable bonds is 12. The second-order valence-corrected chi connectivity index (χ2v) is 5.70. The van der Waals surface area contributed by atoms with Gasteiger partial charge in [-0.2, -0.15) is 0 Å². The fraction of sp³-hybridized carbons (Fsp3) is 0.938. The van der Waals surface area contributed by atoms with Crippen LogP contribution in [0.2, 0.25) is 0 Å². The maximum atomic E-state index is 11.5. The molecule has 0 amide bonds. The molecule has 0 aliphatic carbocycles. The summed E-state index contributed by atoms with van der Waals surface area (Å²) in [6.07, 6.45) is 13.2. The van der Waals surface area contributed by atoms with Crippen molar-refractivity contribution in [2.24, 2.45) is 5.92 Å². The van der Waals surface area contributed by atoms with Gasteiger partial charge in [0.2, 0.25) is 0 Å². The van der Waals surface area contributed by atoms with Crippen LogP contribution in [-0.4, -0.2) is 5.78 Å². The van der Waals surface area contributed by atoms with Crippen molar-refractivity contribution in [2.45, 2.75) is 91.4 Å². The molecule has 0 N–H and O–H groups in total. The van der Waals surface area contributed by atoms with Gasteiger partial charge in [0.15, 0.2) is 0 Å². The summed E-state index contributed by atoms with van der Waals surface area (Å²) in [6.45, 7) is 6.62. The van der Waals surface area contributed by atoms with Gasteiger partial charge in [0, 0.05) is 12.8 Å². The Labute approximate surface area is 108 Å². The summed E-state index contributed by atoms with van der Waals surface area (Å²) in [5.41, 5.74) is 0. The van der Waals surface area contributed by atoms with Gasteiger partial charge >= 0.3 is 0 Å². The second-order valence-electron chi connectivity index (χ2n) is 5.70. The van der Waals surface area contributed by atoms with Gasteiger partial charge in [-0.25, -0.2) is 0 Å². The molecule has 0 unspecified atom stereocenters. The molecule has 0 saturated carbocycles. The highest BCUT2D eigenvalue weighted by Gasteiger charge is 2.03. The van der Waals surface area contributed by atoms with E-state index in [1.165, 1.54) is 44.9 Å². The fourth-order valence-electron chi connectivity index (χ4n) is 2.03. The van der Waals surface area contributed by atoms with E-state index in [1.54, 1.807) is 0 Å². The Bertz CT molecular complexity index is 172. The molecule has 0 aromatic rings. The Morgan fingerprint density at radius 2 is 1.35 bits per heavy atom. The molecular weight excluding hydrogens is 208 g/mol. The third kappa shape index (κ3) is 13.6. The Balaban J connectivity index is 3.14. The number of carbonyl (C=O) groups is 1. The van der Waals surface area contributed by atoms with Crippen LogP contribution in [-0.2, 0) is 4.79 Å². The molecule has 0 bridgehead atoms. The first-order valence-electron chi connectivity index (χ1n) is 7.68. The van der Waals surface area contributed by atoms with E-state index in [1.807, 2.05) is 0 Å². The largest absolute Gasteiger partial charge is 0.300 e. The average Bonchev–Trinajstić information content (AvgIpc) is 2.30. The van der Waals surface area contributed by atoms with E-state index in [0.717, 1.165) is 25.7 Å². The number of carbonyl (C=O) groups excluding carboxylic acids is 1. The Kier molecular flexibility index (Phi) is 11.9. The lowest BCUT2D eigenvalue weighted by molar-refractivity contribution is -0.119. The Morgan fingerprint density at radius 1 is 0.824 bits per heavy atom. The molecule has 0 radical (unpaired) electrons. The third-order valence-electron chi connectivity index (χ3n) is 3.31. The minimum atomic E-state index is 0.477. The molecule has 0 spiro atoms. The molecule has 0 aliphatic rings. The zero-order valence-corrected chi connectivity index (χ0v) is 12.3. The lowest BCUT2D eigenvalue weighted by atomic mass is 10.0. The van der Waals surface area contributed by atoms with E-state index < -0.39 is 0 Å². The lowest BCUT2D eigenvalue weighted by Crippen LogP contribution is -2.00. The Hall–Kier alpha value is -0.330. The minimum Gasteiger partial charge on any atom is -0.300 e. The summed E-state index contributed by atoms with van der Waals surface area (Å²) in [6, 6.07) is 0. The first-order chi connectivity index (χ1) is 8.16. The number of unbranched alkanes of at least 4 members (excludes halogenated alkanes) is 7. The van der Waals surface area contributed by atoms with Crippen molar-refractivity contribution in [1.82, 2.24) is 0 Å². The van der Waals surface area contributed by atoms with Crippen molar-refractivity contribution in [3.8, 4) is 0 Å². The molecule has 1 heteroatoms. The molecule has 102 valence electrons. The normalized spacial score (nSPS) is 11.1. The average molecular weight is 240 g/mol. The van der Waals surface area contributed by atoms with Gasteiger partial charge in [-0.15, -0.1) is 0 Å². The number of hydrogen-bond acceptors (Lipinski definition) is 1. The Morgan fingerprint density at radius 3 is 1.88 bits per heavy atom. The van der Waals surface area contributed by atoms with Gasteiger partial charge in [-0.3, -0.25) is 4.79 Å². The van der Waals surface area contributed by atoms with Gasteiger partial charge < -0.3 is 0 Å². The van der Waals surface area contributed by atoms with Crippen LogP contribution in [0.25, 0.3) is 0 Å². The second kappa shape index (κ2) is 12.1.